The van der Waals surface area contributed by atoms with Crippen LogP contribution < -0.4 is 10.5 Å². The fraction of sp³-hybridized carbons (Fsp3) is 0.250. The van der Waals surface area contributed by atoms with Crippen molar-refractivity contribution in [1.82, 2.24) is 4.98 Å². The Labute approximate surface area is 93.8 Å². The molecule has 15 heavy (non-hydrogen) atoms. The van der Waals surface area contributed by atoms with Gasteiger partial charge in [0, 0.05) is 5.69 Å². The molecule has 1 aromatic heterocycles. The van der Waals surface area contributed by atoms with E-state index >= 15 is 0 Å². The summed E-state index contributed by atoms with van der Waals surface area (Å²) in [4.78, 5) is 3.88. The molecule has 0 spiro atoms. The predicted octanol–water partition coefficient (Wildman–Crippen LogP) is 0.418. The average molecular weight is 245 g/mol. The molecule has 1 rings (SSSR count). The third-order valence-corrected chi connectivity index (χ3v) is 3.08. The third-order valence-electron chi connectivity index (χ3n) is 1.52. The van der Waals surface area contributed by atoms with Crippen LogP contribution in [-0.4, -0.2) is 24.1 Å². The van der Waals surface area contributed by atoms with Gasteiger partial charge in [-0.1, -0.05) is 12.2 Å². The molecular formula is C8H11N3O2S2. The van der Waals surface area contributed by atoms with Crippen molar-refractivity contribution in [3.8, 4) is 0 Å². The topological polar surface area (TPSA) is 85.1 Å². The number of sulfonamides is 1. The summed E-state index contributed by atoms with van der Waals surface area (Å²) < 4.78 is 25.1. The number of aromatic nitrogens is 1. The monoisotopic (exact) mass is 245 g/mol. The number of aryl methyl sites for hydroxylation is 1. The van der Waals surface area contributed by atoms with Gasteiger partial charge in [-0.15, -0.1) is 0 Å². The molecule has 0 aliphatic rings. The van der Waals surface area contributed by atoms with Gasteiger partial charge in [-0.25, -0.2) is 8.42 Å². The first kappa shape index (κ1) is 11.9. The molecule has 5 nitrogen and oxygen atoms in total. The Morgan fingerprint density at radius 2 is 2.27 bits per heavy atom. The molecular weight excluding hydrogens is 234 g/mol. The maximum absolute atomic E-state index is 11.4. The molecule has 7 heteroatoms. The number of hydrogen-bond donors (Lipinski definition) is 2. The van der Waals surface area contributed by atoms with Crippen molar-refractivity contribution in [3.63, 3.8) is 0 Å². The van der Waals surface area contributed by atoms with E-state index in [9.17, 15) is 8.42 Å². The lowest BCUT2D eigenvalue weighted by molar-refractivity contribution is 0.605. The Kier molecular flexibility index (Phi) is 3.59. The van der Waals surface area contributed by atoms with Crippen LogP contribution in [0.1, 0.15) is 5.69 Å². The minimum Gasteiger partial charge on any atom is -0.392 e. The first-order chi connectivity index (χ1) is 6.89. The van der Waals surface area contributed by atoms with Crippen molar-refractivity contribution in [2.45, 2.75) is 6.92 Å². The van der Waals surface area contributed by atoms with Crippen LogP contribution in [0.4, 0.5) is 5.69 Å². The Bertz CT molecular complexity index is 453. The van der Waals surface area contributed by atoms with E-state index in [0.717, 1.165) is 5.69 Å². The lowest BCUT2D eigenvalue weighted by atomic mass is 10.4. The van der Waals surface area contributed by atoms with E-state index < -0.39 is 10.0 Å². The maximum atomic E-state index is 11.4. The second-order valence-corrected chi connectivity index (χ2v) is 5.26. The molecule has 0 saturated carbocycles. The van der Waals surface area contributed by atoms with E-state index in [-0.39, 0.29) is 10.7 Å². The van der Waals surface area contributed by atoms with Crippen molar-refractivity contribution in [2.24, 2.45) is 5.73 Å². The number of hydrogen-bond acceptors (Lipinski definition) is 4. The molecule has 0 aliphatic heterocycles. The predicted molar refractivity (Wildman–Crippen MR) is 63.2 cm³/mol. The first-order valence-corrected chi connectivity index (χ1v) is 6.16. The maximum Gasteiger partial charge on any atom is 0.239 e. The normalized spacial score (nSPS) is 11.0. The SMILES string of the molecule is Cc1ccc(NS(=O)(=O)CC(N)=S)cn1. The summed E-state index contributed by atoms with van der Waals surface area (Å²) in [5, 5.41) is 0. The van der Waals surface area contributed by atoms with Gasteiger partial charge in [-0.05, 0) is 19.1 Å². The second-order valence-electron chi connectivity index (χ2n) is 3.02. The number of nitrogens with two attached hydrogens (primary N) is 1. The zero-order chi connectivity index (χ0) is 11.5. The molecule has 0 fully saturated rings. The zero-order valence-corrected chi connectivity index (χ0v) is 9.73. The largest absolute Gasteiger partial charge is 0.392 e. The summed E-state index contributed by atoms with van der Waals surface area (Å²) in [5.41, 5.74) is 6.37. The van der Waals surface area contributed by atoms with E-state index in [0.29, 0.717) is 5.69 Å². The molecule has 0 radical (unpaired) electrons. The molecule has 0 unspecified atom stereocenters. The van der Waals surface area contributed by atoms with Crippen molar-refractivity contribution >= 4 is 32.9 Å². The Hall–Kier alpha value is -1.21. The van der Waals surface area contributed by atoms with Gasteiger partial charge >= 0.3 is 0 Å². The van der Waals surface area contributed by atoms with Crippen molar-refractivity contribution in [2.75, 3.05) is 10.5 Å². The lowest BCUT2D eigenvalue weighted by Crippen LogP contribution is -2.26. The van der Waals surface area contributed by atoms with E-state index in [1.165, 1.54) is 6.20 Å². The molecule has 0 aliphatic carbocycles. The highest BCUT2D eigenvalue weighted by molar-refractivity contribution is 7.95. The van der Waals surface area contributed by atoms with Crippen molar-refractivity contribution in [1.29, 1.82) is 0 Å². The quantitative estimate of drug-likeness (QED) is 0.751. The third kappa shape index (κ3) is 4.22. The van der Waals surface area contributed by atoms with Gasteiger partial charge in [0.1, 0.15) is 5.75 Å². The molecule has 0 amide bonds. The van der Waals surface area contributed by atoms with Crippen LogP contribution in [0.3, 0.4) is 0 Å². The van der Waals surface area contributed by atoms with E-state index in [4.69, 9.17) is 5.73 Å². The van der Waals surface area contributed by atoms with Crippen molar-refractivity contribution in [3.05, 3.63) is 24.0 Å². The highest BCUT2D eigenvalue weighted by atomic mass is 32.2. The fourth-order valence-corrected chi connectivity index (χ4v) is 2.32. The Morgan fingerprint density at radius 3 is 2.73 bits per heavy atom. The summed E-state index contributed by atoms with van der Waals surface area (Å²) in [6.45, 7) is 1.81. The molecule has 0 saturated heterocycles. The standard InChI is InChI=1S/C8H11N3O2S2/c1-6-2-3-7(4-10-6)11-15(12,13)5-8(9)14/h2-4,11H,5H2,1H3,(H2,9,14). The highest BCUT2D eigenvalue weighted by Gasteiger charge is 2.11. The molecule has 0 atom stereocenters. The first-order valence-electron chi connectivity index (χ1n) is 4.10. The number of nitrogens with one attached hydrogen (secondary N) is 1. The Balaban J connectivity index is 2.78. The van der Waals surface area contributed by atoms with Gasteiger partial charge in [0.15, 0.2) is 0 Å². The van der Waals surface area contributed by atoms with Crippen LogP contribution in [0.25, 0.3) is 0 Å². The molecule has 3 N–H and O–H groups in total. The minimum atomic E-state index is -3.50. The zero-order valence-electron chi connectivity index (χ0n) is 8.10. The molecule has 1 aromatic rings. The van der Waals surface area contributed by atoms with E-state index in [1.54, 1.807) is 12.1 Å². The van der Waals surface area contributed by atoms with Gasteiger partial charge in [-0.2, -0.15) is 0 Å². The average Bonchev–Trinajstić information content (AvgIpc) is 2.06. The molecule has 82 valence electrons. The highest BCUT2D eigenvalue weighted by Crippen LogP contribution is 2.07. The summed E-state index contributed by atoms with van der Waals surface area (Å²) in [5.74, 6) is -0.365. The van der Waals surface area contributed by atoms with Gasteiger partial charge in [0.05, 0.1) is 16.9 Å². The summed E-state index contributed by atoms with van der Waals surface area (Å²) >= 11 is 4.52. The van der Waals surface area contributed by atoms with Crippen LogP contribution >= 0.6 is 12.2 Å². The van der Waals surface area contributed by atoms with Crippen molar-refractivity contribution < 1.29 is 8.42 Å². The lowest BCUT2D eigenvalue weighted by Gasteiger charge is -2.06. The summed E-state index contributed by atoms with van der Waals surface area (Å²) in [7, 11) is -3.50. The van der Waals surface area contributed by atoms with E-state index in [1.807, 2.05) is 6.92 Å². The van der Waals surface area contributed by atoms with Crippen LogP contribution in [0.5, 0.6) is 0 Å². The molecule has 1 heterocycles. The van der Waals surface area contributed by atoms with Crippen LogP contribution in [-0.2, 0) is 10.0 Å². The Morgan fingerprint density at radius 1 is 1.60 bits per heavy atom. The number of nitrogens with zero attached hydrogens (tertiary/aromatic N) is 1. The summed E-state index contributed by atoms with van der Waals surface area (Å²) in [6, 6.07) is 3.33. The van der Waals surface area contributed by atoms with Crippen LogP contribution in [0.15, 0.2) is 18.3 Å². The number of rotatable bonds is 4. The number of anilines is 1. The minimum absolute atomic E-state index is 0.0671. The smallest absolute Gasteiger partial charge is 0.239 e. The van der Waals surface area contributed by atoms with E-state index in [2.05, 4.69) is 21.9 Å². The second kappa shape index (κ2) is 4.54. The number of pyridine rings is 1. The van der Waals surface area contributed by atoms with Gasteiger partial charge in [0.25, 0.3) is 0 Å². The van der Waals surface area contributed by atoms with Gasteiger partial charge in [0.2, 0.25) is 10.0 Å². The fourth-order valence-electron chi connectivity index (χ4n) is 0.931. The summed E-state index contributed by atoms with van der Waals surface area (Å²) in [6.07, 6.45) is 1.44. The van der Waals surface area contributed by atoms with Gasteiger partial charge in [-0.3, -0.25) is 9.71 Å². The molecule has 0 bridgehead atoms. The van der Waals surface area contributed by atoms with Gasteiger partial charge < -0.3 is 5.73 Å². The van der Waals surface area contributed by atoms with Crippen LogP contribution in [0, 0.1) is 6.92 Å². The van der Waals surface area contributed by atoms with Crippen LogP contribution in [0.2, 0.25) is 0 Å². The number of thiocarbonyl (C=S) groups is 1. The molecule has 0 aromatic carbocycles.